The Morgan fingerprint density at radius 3 is 2.47 bits per heavy atom. The van der Waals surface area contributed by atoms with E-state index in [-0.39, 0.29) is 56.5 Å². The number of aliphatic hydroxyl groups excluding tert-OH is 1. The summed E-state index contributed by atoms with van der Waals surface area (Å²) in [7, 11) is 0. The number of hydrogen-bond donors (Lipinski definition) is 3. The molecular weight excluding hydrogens is 460 g/mol. The van der Waals surface area contributed by atoms with Crippen molar-refractivity contribution in [3.05, 3.63) is 61.2 Å². The van der Waals surface area contributed by atoms with Gasteiger partial charge in [0.15, 0.2) is 0 Å². The first-order valence-electron chi connectivity index (χ1n) is 12.6. The zero-order valence-electron chi connectivity index (χ0n) is 21.5. The Labute approximate surface area is 215 Å². The molecule has 0 aliphatic rings. The fourth-order valence-corrected chi connectivity index (χ4v) is 3.64. The van der Waals surface area contributed by atoms with Crippen LogP contribution in [0, 0.1) is 11.8 Å². The van der Waals surface area contributed by atoms with Gasteiger partial charge in [0.25, 0.3) is 0 Å². The molecule has 0 aromatic heterocycles. The van der Waals surface area contributed by atoms with E-state index in [4.69, 9.17) is 14.6 Å². The molecule has 0 aliphatic heterocycles. The molecule has 2 amide bonds. The van der Waals surface area contributed by atoms with Gasteiger partial charge >= 0.3 is 5.97 Å². The average molecular weight is 503 g/mol. The molecule has 0 unspecified atom stereocenters. The van der Waals surface area contributed by atoms with Crippen LogP contribution in [0.5, 0.6) is 0 Å². The fraction of sp³-hybridized carbons (Fsp3) is 0.536. The highest BCUT2D eigenvalue weighted by atomic mass is 16.5. The number of carbonyl (C=O) groups excluding carboxylic acids is 3. The molecule has 1 aromatic rings. The van der Waals surface area contributed by atoms with Crippen molar-refractivity contribution in [2.24, 2.45) is 11.8 Å². The van der Waals surface area contributed by atoms with Crippen LogP contribution in [0.4, 0.5) is 0 Å². The second-order valence-electron chi connectivity index (χ2n) is 8.71. The van der Waals surface area contributed by atoms with Crippen molar-refractivity contribution < 1.29 is 29.0 Å². The molecule has 0 spiro atoms. The number of aliphatic hydroxyl groups is 1. The zero-order chi connectivity index (χ0) is 26.6. The molecule has 0 aliphatic carbocycles. The molecule has 1 aromatic carbocycles. The minimum Gasteiger partial charge on any atom is -0.461 e. The van der Waals surface area contributed by atoms with Gasteiger partial charge in [-0.1, -0.05) is 42.5 Å². The van der Waals surface area contributed by atoms with E-state index >= 15 is 0 Å². The minimum absolute atomic E-state index is 0.00841. The van der Waals surface area contributed by atoms with Crippen LogP contribution in [-0.2, 0) is 30.3 Å². The molecule has 0 saturated carbocycles. The highest BCUT2D eigenvalue weighted by Crippen LogP contribution is 2.18. The van der Waals surface area contributed by atoms with Crippen LogP contribution in [0.15, 0.2) is 55.6 Å². The van der Waals surface area contributed by atoms with E-state index in [1.165, 1.54) is 0 Å². The topological polar surface area (TPSA) is 114 Å². The van der Waals surface area contributed by atoms with Crippen LogP contribution >= 0.6 is 0 Å². The van der Waals surface area contributed by atoms with Crippen LogP contribution in [0.2, 0.25) is 0 Å². The number of carbonyl (C=O) groups is 3. The highest BCUT2D eigenvalue weighted by molar-refractivity contribution is 5.86. The Hall–Kier alpha value is -2.97. The summed E-state index contributed by atoms with van der Waals surface area (Å²) in [5, 5.41) is 14.2. The van der Waals surface area contributed by atoms with Gasteiger partial charge in [-0.05, 0) is 44.6 Å². The molecule has 36 heavy (non-hydrogen) atoms. The molecule has 3 N–H and O–H groups in total. The van der Waals surface area contributed by atoms with Gasteiger partial charge in [-0.15, -0.1) is 13.2 Å². The molecule has 0 saturated heterocycles. The largest absolute Gasteiger partial charge is 0.461 e. The molecule has 8 nitrogen and oxygen atoms in total. The number of amides is 2. The summed E-state index contributed by atoms with van der Waals surface area (Å²) in [6, 6.07) is 9.83. The Morgan fingerprint density at radius 2 is 1.81 bits per heavy atom. The first-order chi connectivity index (χ1) is 17.4. The summed E-state index contributed by atoms with van der Waals surface area (Å²) in [5.74, 6) is -1.70. The SMILES string of the molecule is C=CCCC[C@H](Cc1ccccc1)C(=O)O[C@@H](C)CNC(=O)[C@H](CC=C)CC(=O)NCCOCCO. The van der Waals surface area contributed by atoms with Gasteiger partial charge < -0.3 is 25.2 Å². The number of esters is 1. The second-order valence-corrected chi connectivity index (χ2v) is 8.71. The maximum absolute atomic E-state index is 12.9. The standard InChI is InChI=1S/C28H42N2O6/c1-4-6-8-14-25(19-23-12-9-7-10-13-23)28(34)36-22(3)21-30-27(33)24(11-5-2)20-26(32)29-15-17-35-18-16-31/h4-5,7,9-10,12-13,22,24-25,31H,1-2,6,8,11,14-21H2,3H3,(H,29,32)(H,30,33)/t22-,24+,25+/m0/s1. The van der Waals surface area contributed by atoms with Gasteiger partial charge in [-0.3, -0.25) is 14.4 Å². The van der Waals surface area contributed by atoms with Crippen molar-refractivity contribution in [2.75, 3.05) is 32.9 Å². The molecular formula is C28H42N2O6. The Balaban J connectivity index is 2.54. The number of ether oxygens (including phenoxy) is 2. The van der Waals surface area contributed by atoms with E-state index in [1.807, 2.05) is 36.4 Å². The summed E-state index contributed by atoms with van der Waals surface area (Å²) in [6.07, 6.45) is 6.25. The van der Waals surface area contributed by atoms with Crippen molar-refractivity contribution in [3.63, 3.8) is 0 Å². The first-order valence-corrected chi connectivity index (χ1v) is 12.6. The normalized spacial score (nSPS) is 13.2. The Morgan fingerprint density at radius 1 is 1.06 bits per heavy atom. The van der Waals surface area contributed by atoms with Crippen molar-refractivity contribution in [1.29, 1.82) is 0 Å². The maximum atomic E-state index is 12.9. The lowest BCUT2D eigenvalue weighted by atomic mass is 9.94. The van der Waals surface area contributed by atoms with Gasteiger partial charge in [0.1, 0.15) is 6.10 Å². The first kappa shape index (κ1) is 31.1. The summed E-state index contributed by atoms with van der Waals surface area (Å²) in [5.41, 5.74) is 1.07. The summed E-state index contributed by atoms with van der Waals surface area (Å²) in [4.78, 5) is 37.8. The molecule has 8 heteroatoms. The fourth-order valence-electron chi connectivity index (χ4n) is 3.64. The zero-order valence-corrected chi connectivity index (χ0v) is 21.5. The minimum atomic E-state index is -0.575. The smallest absolute Gasteiger partial charge is 0.309 e. The predicted molar refractivity (Wildman–Crippen MR) is 140 cm³/mol. The van der Waals surface area contributed by atoms with Gasteiger partial charge in [0, 0.05) is 13.0 Å². The van der Waals surface area contributed by atoms with Crippen LogP contribution in [0.1, 0.15) is 44.6 Å². The molecule has 0 bridgehead atoms. The van der Waals surface area contributed by atoms with Crippen molar-refractivity contribution in [3.8, 4) is 0 Å². The van der Waals surface area contributed by atoms with Crippen molar-refractivity contribution in [1.82, 2.24) is 10.6 Å². The number of allylic oxidation sites excluding steroid dienone is 2. The van der Waals surface area contributed by atoms with E-state index in [0.29, 0.717) is 25.8 Å². The second kappa shape index (κ2) is 19.2. The Bertz CT molecular complexity index is 798. The van der Waals surface area contributed by atoms with E-state index < -0.39 is 12.0 Å². The quantitative estimate of drug-likeness (QED) is 0.144. The van der Waals surface area contributed by atoms with Gasteiger partial charge in [-0.25, -0.2) is 0 Å². The number of benzene rings is 1. The lowest BCUT2D eigenvalue weighted by Gasteiger charge is -2.21. The summed E-state index contributed by atoms with van der Waals surface area (Å²) >= 11 is 0. The summed E-state index contributed by atoms with van der Waals surface area (Å²) in [6.45, 7) is 10.0. The van der Waals surface area contributed by atoms with Gasteiger partial charge in [-0.2, -0.15) is 0 Å². The number of rotatable bonds is 20. The molecule has 200 valence electrons. The lowest BCUT2D eigenvalue weighted by molar-refractivity contribution is -0.153. The third-order valence-corrected chi connectivity index (χ3v) is 5.56. The number of hydrogen-bond acceptors (Lipinski definition) is 6. The Kier molecular flexibility index (Phi) is 16.6. The maximum Gasteiger partial charge on any atom is 0.309 e. The van der Waals surface area contributed by atoms with Crippen LogP contribution in [0.3, 0.4) is 0 Å². The van der Waals surface area contributed by atoms with Crippen LogP contribution < -0.4 is 10.6 Å². The third kappa shape index (κ3) is 13.8. The van der Waals surface area contributed by atoms with Gasteiger partial charge in [0.2, 0.25) is 11.8 Å². The molecule has 3 atom stereocenters. The molecule has 1 rings (SSSR count). The van der Waals surface area contributed by atoms with Gasteiger partial charge in [0.05, 0.1) is 38.2 Å². The third-order valence-electron chi connectivity index (χ3n) is 5.56. The summed E-state index contributed by atoms with van der Waals surface area (Å²) < 4.78 is 10.8. The van der Waals surface area contributed by atoms with E-state index in [0.717, 1.165) is 18.4 Å². The number of nitrogens with one attached hydrogen (secondary N) is 2. The van der Waals surface area contributed by atoms with E-state index in [2.05, 4.69) is 23.8 Å². The predicted octanol–water partition coefficient (Wildman–Crippen LogP) is 2.96. The molecule has 0 fully saturated rings. The van der Waals surface area contributed by atoms with Crippen molar-refractivity contribution >= 4 is 17.8 Å². The van der Waals surface area contributed by atoms with E-state index in [9.17, 15) is 14.4 Å². The van der Waals surface area contributed by atoms with Crippen LogP contribution in [0.25, 0.3) is 0 Å². The van der Waals surface area contributed by atoms with E-state index in [1.54, 1.807) is 13.0 Å². The monoisotopic (exact) mass is 502 g/mol. The number of unbranched alkanes of at least 4 members (excludes halogenated alkanes) is 1. The highest BCUT2D eigenvalue weighted by Gasteiger charge is 2.24. The molecule has 0 radical (unpaired) electrons. The van der Waals surface area contributed by atoms with Crippen molar-refractivity contribution in [2.45, 2.75) is 51.6 Å². The molecule has 0 heterocycles. The van der Waals surface area contributed by atoms with Crippen LogP contribution in [-0.4, -0.2) is 61.9 Å². The lowest BCUT2D eigenvalue weighted by Crippen LogP contribution is -2.39. The average Bonchev–Trinajstić information content (AvgIpc) is 2.87.